The van der Waals surface area contributed by atoms with Crippen molar-refractivity contribution < 1.29 is 0 Å². The standard InChI is InChI=1S/C11H14N4S2/c1-15-11(12-13-14-15)17-8-10(7-16)9-5-3-2-4-6-9/h2-6,10,16H,7-8H2,1H3. The average molecular weight is 266 g/mol. The predicted molar refractivity (Wildman–Crippen MR) is 72.6 cm³/mol. The van der Waals surface area contributed by atoms with Crippen LogP contribution in [0, 0.1) is 0 Å². The molecule has 2 rings (SSSR count). The van der Waals surface area contributed by atoms with E-state index in [-0.39, 0.29) is 0 Å². The monoisotopic (exact) mass is 266 g/mol. The maximum atomic E-state index is 4.41. The molecule has 0 N–H and O–H groups in total. The van der Waals surface area contributed by atoms with Crippen LogP contribution in [0.2, 0.25) is 0 Å². The fraction of sp³-hybridized carbons (Fsp3) is 0.364. The Morgan fingerprint density at radius 2 is 2.12 bits per heavy atom. The van der Waals surface area contributed by atoms with Crippen LogP contribution in [0.4, 0.5) is 0 Å². The van der Waals surface area contributed by atoms with Crippen molar-refractivity contribution in [3.05, 3.63) is 35.9 Å². The van der Waals surface area contributed by atoms with Gasteiger partial charge < -0.3 is 0 Å². The Bertz CT molecular complexity index is 458. The van der Waals surface area contributed by atoms with Gasteiger partial charge in [0.25, 0.3) is 0 Å². The first-order chi connectivity index (χ1) is 8.31. The van der Waals surface area contributed by atoms with Crippen LogP contribution in [0.1, 0.15) is 11.5 Å². The highest BCUT2D eigenvalue weighted by Crippen LogP contribution is 2.25. The summed E-state index contributed by atoms with van der Waals surface area (Å²) in [4.78, 5) is 0. The second-order valence-electron chi connectivity index (χ2n) is 3.69. The van der Waals surface area contributed by atoms with Gasteiger partial charge in [0.05, 0.1) is 0 Å². The van der Waals surface area contributed by atoms with E-state index in [9.17, 15) is 0 Å². The molecule has 0 saturated carbocycles. The summed E-state index contributed by atoms with van der Waals surface area (Å²) in [6.45, 7) is 0. The molecule has 0 aliphatic heterocycles. The van der Waals surface area contributed by atoms with Crippen molar-refractivity contribution in [3.63, 3.8) is 0 Å². The molecule has 0 spiro atoms. The molecule has 1 unspecified atom stereocenters. The van der Waals surface area contributed by atoms with Crippen LogP contribution in [0.15, 0.2) is 35.5 Å². The topological polar surface area (TPSA) is 43.6 Å². The molecular weight excluding hydrogens is 252 g/mol. The first kappa shape index (κ1) is 12.4. The number of rotatable bonds is 5. The van der Waals surface area contributed by atoms with E-state index in [1.807, 2.05) is 13.1 Å². The molecule has 17 heavy (non-hydrogen) atoms. The van der Waals surface area contributed by atoms with Crippen molar-refractivity contribution in [1.82, 2.24) is 20.2 Å². The van der Waals surface area contributed by atoms with Crippen molar-refractivity contribution >= 4 is 24.4 Å². The normalized spacial score (nSPS) is 12.6. The SMILES string of the molecule is Cn1nnnc1SCC(CS)c1ccccc1. The van der Waals surface area contributed by atoms with Gasteiger partial charge in [-0.25, -0.2) is 4.68 Å². The van der Waals surface area contributed by atoms with Crippen LogP contribution in [-0.2, 0) is 7.05 Å². The third-order valence-corrected chi connectivity index (χ3v) is 4.10. The Morgan fingerprint density at radius 3 is 2.71 bits per heavy atom. The molecule has 1 heterocycles. The van der Waals surface area contributed by atoms with Gasteiger partial charge in [-0.3, -0.25) is 0 Å². The number of benzene rings is 1. The fourth-order valence-electron chi connectivity index (χ4n) is 1.50. The minimum absolute atomic E-state index is 0.418. The summed E-state index contributed by atoms with van der Waals surface area (Å²) in [5.41, 5.74) is 1.31. The molecular formula is C11H14N4S2. The van der Waals surface area contributed by atoms with Crippen molar-refractivity contribution in [2.24, 2.45) is 7.05 Å². The number of thiol groups is 1. The molecule has 0 amide bonds. The molecule has 0 aliphatic carbocycles. The molecule has 0 aliphatic rings. The number of nitrogens with zero attached hydrogens (tertiary/aromatic N) is 4. The molecule has 90 valence electrons. The zero-order valence-electron chi connectivity index (χ0n) is 9.52. The second kappa shape index (κ2) is 6.07. The summed E-state index contributed by atoms with van der Waals surface area (Å²) in [6, 6.07) is 10.4. The number of aryl methyl sites for hydroxylation is 1. The molecule has 0 bridgehead atoms. The first-order valence-electron chi connectivity index (χ1n) is 5.32. The van der Waals surface area contributed by atoms with Crippen LogP contribution in [-0.4, -0.2) is 31.7 Å². The van der Waals surface area contributed by atoms with E-state index in [4.69, 9.17) is 0 Å². The third kappa shape index (κ3) is 3.23. The van der Waals surface area contributed by atoms with Crippen molar-refractivity contribution in [1.29, 1.82) is 0 Å². The summed E-state index contributed by atoms with van der Waals surface area (Å²) in [5.74, 6) is 2.17. The van der Waals surface area contributed by atoms with Gasteiger partial charge in [-0.05, 0) is 21.7 Å². The van der Waals surface area contributed by atoms with Crippen LogP contribution in [0.25, 0.3) is 0 Å². The zero-order chi connectivity index (χ0) is 12.1. The lowest BCUT2D eigenvalue weighted by molar-refractivity contribution is 0.664. The second-order valence-corrected chi connectivity index (χ2v) is 5.04. The summed E-state index contributed by atoms with van der Waals surface area (Å²) >= 11 is 6.07. The maximum Gasteiger partial charge on any atom is 0.209 e. The quantitative estimate of drug-likeness (QED) is 0.664. The van der Waals surface area contributed by atoms with Gasteiger partial charge in [0, 0.05) is 18.7 Å². The van der Waals surface area contributed by atoms with Crippen LogP contribution in [0.5, 0.6) is 0 Å². The van der Waals surface area contributed by atoms with Gasteiger partial charge in [0.15, 0.2) is 0 Å². The Morgan fingerprint density at radius 1 is 1.35 bits per heavy atom. The predicted octanol–water partition coefficient (Wildman–Crippen LogP) is 2.02. The van der Waals surface area contributed by atoms with E-state index in [1.165, 1.54) is 5.56 Å². The van der Waals surface area contributed by atoms with Crippen molar-refractivity contribution in [2.75, 3.05) is 11.5 Å². The molecule has 4 nitrogen and oxygen atoms in total. The third-order valence-electron chi connectivity index (χ3n) is 2.49. The Kier molecular flexibility index (Phi) is 4.44. The van der Waals surface area contributed by atoms with Gasteiger partial charge in [-0.15, -0.1) is 5.10 Å². The smallest absolute Gasteiger partial charge is 0.209 e. The summed E-state index contributed by atoms with van der Waals surface area (Å²) in [5, 5.41) is 12.2. The molecule has 0 fully saturated rings. The highest BCUT2D eigenvalue weighted by atomic mass is 32.2. The van der Waals surface area contributed by atoms with Crippen LogP contribution >= 0.6 is 24.4 Å². The Labute approximate surface area is 110 Å². The van der Waals surface area contributed by atoms with Crippen LogP contribution in [0.3, 0.4) is 0 Å². The van der Waals surface area contributed by atoms with Gasteiger partial charge in [-0.2, -0.15) is 12.6 Å². The lowest BCUT2D eigenvalue weighted by Gasteiger charge is -2.13. The van der Waals surface area contributed by atoms with E-state index in [0.717, 1.165) is 16.7 Å². The molecule has 1 atom stereocenters. The zero-order valence-corrected chi connectivity index (χ0v) is 11.2. The molecule has 2 aromatic rings. The number of thioether (sulfide) groups is 1. The van der Waals surface area contributed by atoms with Gasteiger partial charge >= 0.3 is 0 Å². The number of hydrogen-bond donors (Lipinski definition) is 1. The molecule has 1 aromatic heterocycles. The van der Waals surface area contributed by atoms with E-state index in [1.54, 1.807) is 16.4 Å². The van der Waals surface area contributed by atoms with Gasteiger partial charge in [0.2, 0.25) is 5.16 Å². The minimum Gasteiger partial charge on any atom is -0.224 e. The van der Waals surface area contributed by atoms with Crippen LogP contribution < -0.4 is 0 Å². The Hall–Kier alpha value is -1.01. The number of hydrogen-bond acceptors (Lipinski definition) is 5. The minimum atomic E-state index is 0.418. The summed E-state index contributed by atoms with van der Waals surface area (Å²) in [6.07, 6.45) is 0. The fourth-order valence-corrected chi connectivity index (χ4v) is 2.99. The summed E-state index contributed by atoms with van der Waals surface area (Å²) in [7, 11) is 1.85. The van der Waals surface area contributed by atoms with Gasteiger partial charge in [-0.1, -0.05) is 42.1 Å². The largest absolute Gasteiger partial charge is 0.224 e. The molecule has 0 radical (unpaired) electrons. The Balaban J connectivity index is 1.99. The summed E-state index contributed by atoms with van der Waals surface area (Å²) < 4.78 is 1.69. The molecule has 1 aromatic carbocycles. The van der Waals surface area contributed by atoms with Gasteiger partial charge in [0.1, 0.15) is 0 Å². The van der Waals surface area contributed by atoms with Crippen molar-refractivity contribution in [2.45, 2.75) is 11.1 Å². The first-order valence-corrected chi connectivity index (χ1v) is 6.94. The number of aromatic nitrogens is 4. The molecule has 0 saturated heterocycles. The lowest BCUT2D eigenvalue weighted by Crippen LogP contribution is -2.05. The van der Waals surface area contributed by atoms with E-state index in [0.29, 0.717) is 5.92 Å². The maximum absolute atomic E-state index is 4.41. The average Bonchev–Trinajstić information content (AvgIpc) is 2.77. The highest BCUT2D eigenvalue weighted by molar-refractivity contribution is 7.99. The van der Waals surface area contributed by atoms with E-state index in [2.05, 4.69) is 52.4 Å². The molecule has 6 heteroatoms. The highest BCUT2D eigenvalue weighted by Gasteiger charge is 2.12. The lowest BCUT2D eigenvalue weighted by atomic mass is 10.0. The van der Waals surface area contributed by atoms with Crippen molar-refractivity contribution in [3.8, 4) is 0 Å². The number of tetrazole rings is 1. The van der Waals surface area contributed by atoms with E-state index >= 15 is 0 Å². The van der Waals surface area contributed by atoms with E-state index < -0.39 is 0 Å².